The minimum absolute atomic E-state index is 0.939. The van der Waals surface area contributed by atoms with Crippen LogP contribution in [0.2, 0.25) is 0 Å². The molecule has 106 valence electrons. The molecule has 1 heterocycles. The molecule has 4 aromatic rings. The van der Waals surface area contributed by atoms with Crippen molar-refractivity contribution in [2.24, 2.45) is 0 Å². The smallest absolute Gasteiger partial charge is 0.142 e. The lowest BCUT2D eigenvalue weighted by molar-refractivity contribution is 0.601. The van der Waals surface area contributed by atoms with Gasteiger partial charge in [-0.25, -0.2) is 0 Å². The van der Waals surface area contributed by atoms with Gasteiger partial charge in [-0.1, -0.05) is 78.9 Å². The number of rotatable bonds is 2. The number of hydrogen-bond acceptors (Lipinski definition) is 1. The van der Waals surface area contributed by atoms with Crippen molar-refractivity contribution in [1.29, 1.82) is 0 Å². The highest BCUT2D eigenvalue weighted by molar-refractivity contribution is 6.02. The van der Waals surface area contributed by atoms with Crippen LogP contribution < -0.4 is 0 Å². The summed E-state index contributed by atoms with van der Waals surface area (Å²) in [5.74, 6) is 1.89. The molecular weight excluding hydrogens is 268 g/mol. The van der Waals surface area contributed by atoms with Crippen molar-refractivity contribution in [3.05, 3.63) is 84.4 Å². The molecule has 0 aliphatic rings. The molecule has 0 saturated carbocycles. The summed E-state index contributed by atoms with van der Waals surface area (Å²) in [6, 6.07) is 27.0. The SMILES string of the molecule is Cc1ccccc1-c1oc(-c2ccccc2)c2ccccc12. The Morgan fingerprint density at radius 3 is 1.91 bits per heavy atom. The molecule has 0 fully saturated rings. The summed E-state index contributed by atoms with van der Waals surface area (Å²) in [4.78, 5) is 0. The van der Waals surface area contributed by atoms with Gasteiger partial charge in [0.15, 0.2) is 0 Å². The Kier molecular flexibility index (Phi) is 3.05. The molecule has 0 bridgehead atoms. The molecule has 1 heteroatoms. The molecule has 22 heavy (non-hydrogen) atoms. The molecule has 3 aromatic carbocycles. The quantitative estimate of drug-likeness (QED) is 0.435. The first-order chi connectivity index (χ1) is 10.8. The van der Waals surface area contributed by atoms with Crippen LogP contribution in [-0.2, 0) is 0 Å². The summed E-state index contributed by atoms with van der Waals surface area (Å²) in [5, 5.41) is 2.32. The average molecular weight is 284 g/mol. The van der Waals surface area contributed by atoms with Crippen molar-refractivity contribution in [3.8, 4) is 22.6 Å². The summed E-state index contributed by atoms with van der Waals surface area (Å²) in [6.45, 7) is 2.12. The van der Waals surface area contributed by atoms with E-state index in [1.165, 1.54) is 5.56 Å². The van der Waals surface area contributed by atoms with Crippen LogP contribution >= 0.6 is 0 Å². The minimum atomic E-state index is 0.939. The van der Waals surface area contributed by atoms with Gasteiger partial charge in [0, 0.05) is 21.9 Å². The summed E-state index contributed by atoms with van der Waals surface area (Å²) < 4.78 is 6.32. The Bertz CT molecular complexity index is 932. The number of furan rings is 1. The van der Waals surface area contributed by atoms with E-state index in [1.807, 2.05) is 18.2 Å². The molecule has 0 aliphatic heterocycles. The van der Waals surface area contributed by atoms with E-state index in [4.69, 9.17) is 4.42 Å². The number of hydrogen-bond donors (Lipinski definition) is 0. The van der Waals surface area contributed by atoms with E-state index in [2.05, 4.69) is 67.6 Å². The molecule has 0 spiro atoms. The van der Waals surface area contributed by atoms with Crippen molar-refractivity contribution in [2.45, 2.75) is 6.92 Å². The van der Waals surface area contributed by atoms with Gasteiger partial charge in [0.25, 0.3) is 0 Å². The largest absolute Gasteiger partial charge is 0.455 e. The molecule has 0 radical (unpaired) electrons. The fourth-order valence-corrected chi connectivity index (χ4v) is 2.92. The molecule has 0 N–H and O–H groups in total. The Morgan fingerprint density at radius 1 is 0.591 bits per heavy atom. The molecule has 0 saturated heterocycles. The molecule has 0 aliphatic carbocycles. The third-order valence-corrected chi connectivity index (χ3v) is 4.05. The first-order valence-electron chi connectivity index (χ1n) is 7.47. The Balaban J connectivity index is 2.04. The highest BCUT2D eigenvalue weighted by Gasteiger charge is 2.16. The predicted octanol–water partition coefficient (Wildman–Crippen LogP) is 6.08. The fraction of sp³-hybridized carbons (Fsp3) is 0.0476. The van der Waals surface area contributed by atoms with Gasteiger partial charge < -0.3 is 4.42 Å². The van der Waals surface area contributed by atoms with Gasteiger partial charge in [-0.05, 0) is 12.5 Å². The van der Waals surface area contributed by atoms with Crippen LogP contribution in [0.5, 0.6) is 0 Å². The van der Waals surface area contributed by atoms with E-state index in [0.717, 1.165) is 33.4 Å². The molecule has 0 atom stereocenters. The van der Waals surface area contributed by atoms with Crippen LogP contribution in [0.3, 0.4) is 0 Å². The Labute approximate surface area is 129 Å². The van der Waals surface area contributed by atoms with E-state index in [-0.39, 0.29) is 0 Å². The predicted molar refractivity (Wildman–Crippen MR) is 91.8 cm³/mol. The minimum Gasteiger partial charge on any atom is -0.455 e. The molecule has 0 unspecified atom stereocenters. The van der Waals surface area contributed by atoms with Gasteiger partial charge >= 0.3 is 0 Å². The van der Waals surface area contributed by atoms with Crippen molar-refractivity contribution in [1.82, 2.24) is 0 Å². The summed E-state index contributed by atoms with van der Waals surface area (Å²) >= 11 is 0. The van der Waals surface area contributed by atoms with E-state index in [9.17, 15) is 0 Å². The third-order valence-electron chi connectivity index (χ3n) is 4.05. The van der Waals surface area contributed by atoms with Crippen LogP contribution in [0, 0.1) is 6.92 Å². The summed E-state index contributed by atoms with van der Waals surface area (Å²) in [7, 11) is 0. The van der Waals surface area contributed by atoms with E-state index >= 15 is 0 Å². The molecule has 0 amide bonds. The van der Waals surface area contributed by atoms with E-state index in [1.54, 1.807) is 0 Å². The second-order valence-electron chi connectivity index (χ2n) is 5.49. The van der Waals surface area contributed by atoms with Crippen LogP contribution in [0.25, 0.3) is 33.4 Å². The average Bonchev–Trinajstić information content (AvgIpc) is 2.96. The van der Waals surface area contributed by atoms with Gasteiger partial charge in [-0.3, -0.25) is 0 Å². The summed E-state index contributed by atoms with van der Waals surface area (Å²) in [6.07, 6.45) is 0. The fourth-order valence-electron chi connectivity index (χ4n) is 2.92. The van der Waals surface area contributed by atoms with Crippen LogP contribution in [0.4, 0.5) is 0 Å². The topological polar surface area (TPSA) is 13.1 Å². The lowest BCUT2D eigenvalue weighted by Gasteiger charge is -2.02. The third kappa shape index (κ3) is 2.03. The zero-order valence-corrected chi connectivity index (χ0v) is 12.4. The standard InChI is InChI=1S/C21H16O/c1-15-9-5-6-12-17(15)21-19-14-8-7-13-18(19)20(22-21)16-10-3-2-4-11-16/h2-14H,1H3. The molecule has 4 rings (SSSR count). The monoisotopic (exact) mass is 284 g/mol. The van der Waals surface area contributed by atoms with Crippen LogP contribution in [0.1, 0.15) is 5.56 Å². The van der Waals surface area contributed by atoms with E-state index < -0.39 is 0 Å². The van der Waals surface area contributed by atoms with Gasteiger partial charge in [-0.2, -0.15) is 0 Å². The Hall–Kier alpha value is -2.80. The zero-order chi connectivity index (χ0) is 14.9. The highest BCUT2D eigenvalue weighted by atomic mass is 16.3. The number of benzene rings is 3. The number of fused-ring (bicyclic) bond motifs is 1. The number of aryl methyl sites for hydroxylation is 1. The second-order valence-corrected chi connectivity index (χ2v) is 5.49. The normalized spacial score (nSPS) is 11.0. The molecule has 1 aromatic heterocycles. The van der Waals surface area contributed by atoms with Crippen molar-refractivity contribution < 1.29 is 4.42 Å². The first kappa shape index (κ1) is 12.9. The molecular formula is C21H16O. The van der Waals surface area contributed by atoms with E-state index in [0.29, 0.717) is 0 Å². The highest BCUT2D eigenvalue weighted by Crippen LogP contribution is 2.39. The maximum atomic E-state index is 6.32. The van der Waals surface area contributed by atoms with Crippen molar-refractivity contribution >= 4 is 10.8 Å². The van der Waals surface area contributed by atoms with Gasteiger partial charge in [0.2, 0.25) is 0 Å². The Morgan fingerprint density at radius 2 is 1.18 bits per heavy atom. The lowest BCUT2D eigenvalue weighted by Crippen LogP contribution is -1.80. The second kappa shape index (κ2) is 5.19. The summed E-state index contributed by atoms with van der Waals surface area (Å²) in [5.41, 5.74) is 3.49. The van der Waals surface area contributed by atoms with Crippen molar-refractivity contribution in [3.63, 3.8) is 0 Å². The van der Waals surface area contributed by atoms with Gasteiger partial charge in [0.05, 0.1) is 0 Å². The van der Waals surface area contributed by atoms with Crippen LogP contribution in [-0.4, -0.2) is 0 Å². The first-order valence-corrected chi connectivity index (χ1v) is 7.47. The zero-order valence-electron chi connectivity index (χ0n) is 12.4. The van der Waals surface area contributed by atoms with Gasteiger partial charge in [0.1, 0.15) is 11.5 Å². The lowest BCUT2D eigenvalue weighted by atomic mass is 10.0. The maximum absolute atomic E-state index is 6.32. The van der Waals surface area contributed by atoms with Crippen molar-refractivity contribution in [2.75, 3.05) is 0 Å². The van der Waals surface area contributed by atoms with Gasteiger partial charge in [-0.15, -0.1) is 0 Å². The van der Waals surface area contributed by atoms with Crippen LogP contribution in [0.15, 0.2) is 83.3 Å². The maximum Gasteiger partial charge on any atom is 0.142 e. The molecule has 1 nitrogen and oxygen atoms in total.